The van der Waals surface area contributed by atoms with Crippen molar-refractivity contribution < 1.29 is 13.6 Å². The standard InChI is InChI=1S/C20H17ClF2N4OS/c1-11(19(28)24-17-9-6-12(22)10-15(17)21)29-20-26-25-18(27(20)13-7-8-13)14-4-2-3-5-16(14)23/h2-6,9-11,13H,7-8H2,1H3,(H,24,28). The molecule has 0 spiro atoms. The highest BCUT2D eigenvalue weighted by Crippen LogP contribution is 2.42. The summed E-state index contributed by atoms with van der Waals surface area (Å²) < 4.78 is 29.3. The van der Waals surface area contributed by atoms with E-state index in [9.17, 15) is 13.6 Å². The van der Waals surface area contributed by atoms with Crippen molar-refractivity contribution in [3.05, 3.63) is 59.1 Å². The molecule has 1 heterocycles. The van der Waals surface area contributed by atoms with Gasteiger partial charge in [0, 0.05) is 6.04 Å². The fourth-order valence-electron chi connectivity index (χ4n) is 2.88. The molecule has 1 aliphatic carbocycles. The minimum atomic E-state index is -0.522. The fraction of sp³-hybridized carbons (Fsp3) is 0.250. The van der Waals surface area contributed by atoms with Crippen LogP contribution in [0.2, 0.25) is 5.02 Å². The Morgan fingerprint density at radius 3 is 2.69 bits per heavy atom. The molecule has 9 heteroatoms. The van der Waals surface area contributed by atoms with E-state index in [1.165, 1.54) is 30.0 Å². The lowest BCUT2D eigenvalue weighted by molar-refractivity contribution is -0.115. The van der Waals surface area contributed by atoms with Gasteiger partial charge in [-0.05, 0) is 50.1 Å². The first-order valence-corrected chi connectivity index (χ1v) is 10.3. The molecular formula is C20H17ClF2N4OS. The third-order valence-electron chi connectivity index (χ3n) is 4.53. The summed E-state index contributed by atoms with van der Waals surface area (Å²) in [4.78, 5) is 12.6. The molecule has 150 valence electrons. The number of benzene rings is 2. The molecule has 1 atom stereocenters. The zero-order valence-corrected chi connectivity index (χ0v) is 17.0. The van der Waals surface area contributed by atoms with Crippen LogP contribution < -0.4 is 5.32 Å². The molecule has 5 nitrogen and oxygen atoms in total. The number of nitrogens with one attached hydrogen (secondary N) is 1. The lowest BCUT2D eigenvalue weighted by Gasteiger charge is -2.14. The molecule has 1 unspecified atom stereocenters. The van der Waals surface area contributed by atoms with Crippen LogP contribution in [0, 0.1) is 11.6 Å². The molecule has 29 heavy (non-hydrogen) atoms. The summed E-state index contributed by atoms with van der Waals surface area (Å²) in [6.45, 7) is 1.73. The number of aromatic nitrogens is 3. The fourth-order valence-corrected chi connectivity index (χ4v) is 4.02. The van der Waals surface area contributed by atoms with Gasteiger partial charge in [0.15, 0.2) is 11.0 Å². The quantitative estimate of drug-likeness (QED) is 0.532. The first kappa shape index (κ1) is 19.8. The second kappa shape index (κ2) is 8.12. The van der Waals surface area contributed by atoms with Gasteiger partial charge in [0.1, 0.15) is 11.6 Å². The Morgan fingerprint density at radius 1 is 1.24 bits per heavy atom. The molecule has 1 N–H and O–H groups in total. The molecule has 3 aromatic rings. The molecule has 1 aromatic heterocycles. The summed E-state index contributed by atoms with van der Waals surface area (Å²) in [5.41, 5.74) is 0.718. The zero-order chi connectivity index (χ0) is 20.5. The average molecular weight is 435 g/mol. The Labute approximate surface area is 175 Å². The Balaban J connectivity index is 1.55. The van der Waals surface area contributed by atoms with Gasteiger partial charge < -0.3 is 5.32 Å². The number of amides is 1. The van der Waals surface area contributed by atoms with Crippen molar-refractivity contribution in [2.45, 2.75) is 36.2 Å². The lowest BCUT2D eigenvalue weighted by atomic mass is 10.2. The maximum Gasteiger partial charge on any atom is 0.237 e. The van der Waals surface area contributed by atoms with Crippen LogP contribution in [0.15, 0.2) is 47.6 Å². The molecule has 0 radical (unpaired) electrons. The van der Waals surface area contributed by atoms with Crippen LogP contribution >= 0.6 is 23.4 Å². The third-order valence-corrected chi connectivity index (χ3v) is 5.90. The highest BCUT2D eigenvalue weighted by molar-refractivity contribution is 8.00. The molecule has 1 saturated carbocycles. The molecule has 4 rings (SSSR count). The van der Waals surface area contributed by atoms with Crippen LogP contribution in [0.25, 0.3) is 11.4 Å². The van der Waals surface area contributed by atoms with E-state index >= 15 is 0 Å². The summed E-state index contributed by atoms with van der Waals surface area (Å²) in [5.74, 6) is -0.688. The Bertz CT molecular complexity index is 1070. The highest BCUT2D eigenvalue weighted by Gasteiger charge is 2.32. The van der Waals surface area contributed by atoms with Crippen molar-refractivity contribution in [1.82, 2.24) is 14.8 Å². The maximum absolute atomic E-state index is 14.3. The second-order valence-electron chi connectivity index (χ2n) is 6.76. The van der Waals surface area contributed by atoms with Gasteiger partial charge in [-0.15, -0.1) is 10.2 Å². The Morgan fingerprint density at radius 2 is 2.00 bits per heavy atom. The van der Waals surface area contributed by atoms with E-state index < -0.39 is 11.1 Å². The van der Waals surface area contributed by atoms with E-state index in [0.717, 1.165) is 18.9 Å². The topological polar surface area (TPSA) is 59.8 Å². The Kier molecular flexibility index (Phi) is 5.56. The zero-order valence-electron chi connectivity index (χ0n) is 15.4. The van der Waals surface area contributed by atoms with Gasteiger partial charge in [-0.25, -0.2) is 8.78 Å². The maximum atomic E-state index is 14.3. The minimum absolute atomic E-state index is 0.124. The predicted octanol–water partition coefficient (Wildman–Crippen LogP) is 5.33. The van der Waals surface area contributed by atoms with Crippen molar-refractivity contribution in [3.63, 3.8) is 0 Å². The van der Waals surface area contributed by atoms with Crippen LogP contribution in [0.3, 0.4) is 0 Å². The first-order chi connectivity index (χ1) is 13.9. The van der Waals surface area contributed by atoms with Crippen LogP contribution in [-0.4, -0.2) is 25.9 Å². The van der Waals surface area contributed by atoms with Crippen molar-refractivity contribution >= 4 is 35.0 Å². The number of halogens is 3. The molecule has 0 aliphatic heterocycles. The second-order valence-corrected chi connectivity index (χ2v) is 8.48. The molecule has 1 amide bonds. The van der Waals surface area contributed by atoms with Gasteiger partial charge in [-0.3, -0.25) is 9.36 Å². The van der Waals surface area contributed by atoms with E-state index in [2.05, 4.69) is 15.5 Å². The monoisotopic (exact) mass is 434 g/mol. The van der Waals surface area contributed by atoms with E-state index in [4.69, 9.17) is 11.6 Å². The molecule has 0 bridgehead atoms. The number of nitrogens with zero attached hydrogens (tertiary/aromatic N) is 3. The SMILES string of the molecule is CC(Sc1nnc(-c2ccccc2F)n1C1CC1)C(=O)Nc1ccc(F)cc1Cl. The van der Waals surface area contributed by atoms with Crippen LogP contribution in [0.4, 0.5) is 14.5 Å². The van der Waals surface area contributed by atoms with Crippen LogP contribution in [-0.2, 0) is 4.79 Å². The van der Waals surface area contributed by atoms with Crippen LogP contribution in [0.5, 0.6) is 0 Å². The minimum Gasteiger partial charge on any atom is -0.324 e. The number of hydrogen-bond acceptors (Lipinski definition) is 4. The van der Waals surface area contributed by atoms with Gasteiger partial charge in [0.25, 0.3) is 0 Å². The number of rotatable bonds is 6. The highest BCUT2D eigenvalue weighted by atomic mass is 35.5. The van der Waals surface area contributed by atoms with E-state index in [1.807, 2.05) is 4.57 Å². The van der Waals surface area contributed by atoms with E-state index in [0.29, 0.717) is 22.2 Å². The normalized spacial score (nSPS) is 14.6. The van der Waals surface area contributed by atoms with E-state index in [-0.39, 0.29) is 22.8 Å². The third kappa shape index (κ3) is 4.28. The first-order valence-electron chi connectivity index (χ1n) is 9.06. The molecule has 0 saturated heterocycles. The largest absolute Gasteiger partial charge is 0.324 e. The number of anilines is 1. The number of thioether (sulfide) groups is 1. The van der Waals surface area contributed by atoms with E-state index in [1.54, 1.807) is 25.1 Å². The van der Waals surface area contributed by atoms with Crippen molar-refractivity contribution in [1.29, 1.82) is 0 Å². The van der Waals surface area contributed by atoms with Gasteiger partial charge in [0.05, 0.1) is 21.5 Å². The number of carbonyl (C=O) groups is 1. The lowest BCUT2D eigenvalue weighted by Crippen LogP contribution is -2.23. The predicted molar refractivity (Wildman–Crippen MR) is 109 cm³/mol. The van der Waals surface area contributed by atoms with Crippen molar-refractivity contribution in [2.24, 2.45) is 0 Å². The van der Waals surface area contributed by atoms with Gasteiger partial charge in [-0.1, -0.05) is 35.5 Å². The summed E-state index contributed by atoms with van der Waals surface area (Å²) in [7, 11) is 0. The van der Waals surface area contributed by atoms with Gasteiger partial charge in [-0.2, -0.15) is 0 Å². The average Bonchev–Trinajstić information content (AvgIpc) is 3.45. The molecular weight excluding hydrogens is 418 g/mol. The molecule has 1 fully saturated rings. The van der Waals surface area contributed by atoms with Gasteiger partial charge in [0.2, 0.25) is 5.91 Å². The summed E-state index contributed by atoms with van der Waals surface area (Å²) in [6, 6.07) is 10.4. The van der Waals surface area contributed by atoms with Crippen molar-refractivity contribution in [3.8, 4) is 11.4 Å². The Hall–Kier alpha value is -2.45. The van der Waals surface area contributed by atoms with Crippen molar-refractivity contribution in [2.75, 3.05) is 5.32 Å². The number of carbonyl (C=O) groups excluding carboxylic acids is 1. The molecule has 1 aliphatic rings. The summed E-state index contributed by atoms with van der Waals surface area (Å²) in [5, 5.41) is 11.2. The smallest absolute Gasteiger partial charge is 0.237 e. The van der Waals surface area contributed by atoms with Gasteiger partial charge >= 0.3 is 0 Å². The number of hydrogen-bond donors (Lipinski definition) is 1. The van der Waals surface area contributed by atoms with Crippen LogP contribution in [0.1, 0.15) is 25.8 Å². The summed E-state index contributed by atoms with van der Waals surface area (Å²) >= 11 is 7.21. The molecule has 2 aromatic carbocycles. The summed E-state index contributed by atoms with van der Waals surface area (Å²) in [6.07, 6.45) is 1.91.